The molecule has 0 atom stereocenters. The van der Waals surface area contributed by atoms with Gasteiger partial charge in [0.2, 0.25) is 0 Å². The van der Waals surface area contributed by atoms with Crippen molar-refractivity contribution in [3.05, 3.63) is 36.0 Å². The highest BCUT2D eigenvalue weighted by Crippen LogP contribution is 2.26. The molecular formula is C14H18N2. The predicted octanol–water partition coefficient (Wildman–Crippen LogP) is 3.57. The second-order valence-corrected chi connectivity index (χ2v) is 5.13. The smallest absolute Gasteiger partial charge is 0.126 e. The Hall–Kier alpha value is -1.57. The number of pyridine rings is 1. The Morgan fingerprint density at radius 3 is 2.44 bits per heavy atom. The van der Waals surface area contributed by atoms with E-state index in [1.165, 1.54) is 16.3 Å². The van der Waals surface area contributed by atoms with E-state index < -0.39 is 0 Å². The molecule has 2 nitrogen and oxygen atoms in total. The van der Waals surface area contributed by atoms with Crippen molar-refractivity contribution in [2.24, 2.45) is 0 Å². The molecule has 0 bridgehead atoms. The highest BCUT2D eigenvalue weighted by Gasteiger charge is 2.13. The quantitative estimate of drug-likeness (QED) is 0.785. The molecule has 0 aliphatic heterocycles. The molecule has 0 aliphatic rings. The van der Waals surface area contributed by atoms with Gasteiger partial charge in [-0.05, 0) is 22.4 Å². The summed E-state index contributed by atoms with van der Waals surface area (Å²) < 4.78 is 0. The largest absolute Gasteiger partial charge is 0.373 e. The van der Waals surface area contributed by atoms with Crippen LogP contribution in [-0.4, -0.2) is 12.0 Å². The van der Waals surface area contributed by atoms with Crippen molar-refractivity contribution in [1.29, 1.82) is 0 Å². The Labute approximate surface area is 96.7 Å². The number of fused-ring (bicyclic) bond motifs is 1. The number of aromatic nitrogens is 1. The third kappa shape index (κ3) is 2.01. The van der Waals surface area contributed by atoms with E-state index in [1.807, 2.05) is 13.2 Å². The summed E-state index contributed by atoms with van der Waals surface area (Å²) in [6.45, 7) is 6.69. The molecule has 1 aromatic heterocycles. The number of hydrogen-bond donors (Lipinski definition) is 1. The molecule has 0 radical (unpaired) electrons. The van der Waals surface area contributed by atoms with Gasteiger partial charge in [-0.15, -0.1) is 0 Å². The van der Waals surface area contributed by atoms with Gasteiger partial charge in [-0.1, -0.05) is 39.0 Å². The van der Waals surface area contributed by atoms with Gasteiger partial charge in [-0.2, -0.15) is 0 Å². The van der Waals surface area contributed by atoms with Crippen molar-refractivity contribution in [3.8, 4) is 0 Å². The van der Waals surface area contributed by atoms with Crippen LogP contribution in [0.25, 0.3) is 10.8 Å². The van der Waals surface area contributed by atoms with Crippen molar-refractivity contribution in [1.82, 2.24) is 4.98 Å². The van der Waals surface area contributed by atoms with Crippen LogP contribution in [0.4, 0.5) is 5.82 Å². The van der Waals surface area contributed by atoms with Crippen molar-refractivity contribution in [2.75, 3.05) is 12.4 Å². The first-order valence-electron chi connectivity index (χ1n) is 5.59. The Morgan fingerprint density at radius 1 is 1.06 bits per heavy atom. The Balaban J connectivity index is 2.59. The molecule has 2 rings (SSSR count). The molecule has 0 fully saturated rings. The molecular weight excluding hydrogens is 196 g/mol. The summed E-state index contributed by atoms with van der Waals surface area (Å²) in [4.78, 5) is 4.31. The maximum absolute atomic E-state index is 4.31. The second kappa shape index (κ2) is 3.78. The molecule has 1 N–H and O–H groups in total. The lowest BCUT2D eigenvalue weighted by atomic mass is 9.86. The van der Waals surface area contributed by atoms with E-state index in [2.05, 4.69) is 55.3 Å². The van der Waals surface area contributed by atoms with E-state index in [4.69, 9.17) is 0 Å². The van der Waals surface area contributed by atoms with E-state index in [0.717, 1.165) is 5.82 Å². The van der Waals surface area contributed by atoms with Gasteiger partial charge in [-0.3, -0.25) is 0 Å². The van der Waals surface area contributed by atoms with Gasteiger partial charge >= 0.3 is 0 Å². The van der Waals surface area contributed by atoms with Gasteiger partial charge in [0, 0.05) is 18.6 Å². The minimum Gasteiger partial charge on any atom is -0.373 e. The minimum absolute atomic E-state index is 0.192. The van der Waals surface area contributed by atoms with Crippen molar-refractivity contribution in [2.45, 2.75) is 26.2 Å². The molecule has 2 aromatic rings. The number of benzene rings is 1. The van der Waals surface area contributed by atoms with Crippen LogP contribution in [0, 0.1) is 0 Å². The van der Waals surface area contributed by atoms with E-state index >= 15 is 0 Å². The van der Waals surface area contributed by atoms with Crippen molar-refractivity contribution < 1.29 is 0 Å². The van der Waals surface area contributed by atoms with Crippen molar-refractivity contribution in [3.63, 3.8) is 0 Å². The molecule has 84 valence electrons. The van der Waals surface area contributed by atoms with Gasteiger partial charge in [0.1, 0.15) is 5.82 Å². The van der Waals surface area contributed by atoms with Crippen molar-refractivity contribution >= 4 is 16.6 Å². The molecule has 0 amide bonds. The summed E-state index contributed by atoms with van der Waals surface area (Å²) in [5, 5.41) is 5.50. The summed E-state index contributed by atoms with van der Waals surface area (Å²) in [5.41, 5.74) is 1.55. The zero-order chi connectivity index (χ0) is 11.8. The normalized spacial score (nSPS) is 11.8. The average Bonchev–Trinajstić information content (AvgIpc) is 2.26. The highest BCUT2D eigenvalue weighted by molar-refractivity contribution is 5.84. The van der Waals surface area contributed by atoms with Crippen LogP contribution in [0.5, 0.6) is 0 Å². The molecule has 0 aliphatic carbocycles. The van der Waals surface area contributed by atoms with Crippen LogP contribution in [0.15, 0.2) is 30.5 Å². The molecule has 1 heterocycles. The summed E-state index contributed by atoms with van der Waals surface area (Å²) in [7, 11) is 1.89. The minimum atomic E-state index is 0.192. The second-order valence-electron chi connectivity index (χ2n) is 5.13. The predicted molar refractivity (Wildman–Crippen MR) is 70.0 cm³/mol. The number of rotatable bonds is 1. The first kappa shape index (κ1) is 10.9. The van der Waals surface area contributed by atoms with E-state index in [9.17, 15) is 0 Å². The molecule has 0 saturated carbocycles. The maximum atomic E-state index is 4.31. The summed E-state index contributed by atoms with van der Waals surface area (Å²) in [6.07, 6.45) is 1.91. The Bertz CT molecular complexity index is 510. The van der Waals surface area contributed by atoms with Gasteiger partial charge < -0.3 is 5.32 Å². The highest BCUT2D eigenvalue weighted by atomic mass is 14.9. The fourth-order valence-electron chi connectivity index (χ4n) is 1.74. The summed E-state index contributed by atoms with van der Waals surface area (Å²) in [5.74, 6) is 0.915. The number of anilines is 1. The molecule has 0 saturated heterocycles. The molecule has 16 heavy (non-hydrogen) atoms. The van der Waals surface area contributed by atoms with Crippen LogP contribution in [0.2, 0.25) is 0 Å². The van der Waals surface area contributed by atoms with Gasteiger partial charge in [0.15, 0.2) is 0 Å². The van der Waals surface area contributed by atoms with Gasteiger partial charge in [0.25, 0.3) is 0 Å². The summed E-state index contributed by atoms with van der Waals surface area (Å²) >= 11 is 0. The average molecular weight is 214 g/mol. The summed E-state index contributed by atoms with van der Waals surface area (Å²) in [6, 6.07) is 8.66. The van der Waals surface area contributed by atoms with Crippen LogP contribution < -0.4 is 5.32 Å². The standard InChI is InChI=1S/C14H18N2/c1-14(2,3)12-6-5-10-9-16-13(15-4)8-11(10)7-12/h5-9H,1-4H3,(H,15,16). The first-order chi connectivity index (χ1) is 7.50. The third-order valence-electron chi connectivity index (χ3n) is 2.84. The van der Waals surface area contributed by atoms with Crippen LogP contribution in [0.1, 0.15) is 26.3 Å². The van der Waals surface area contributed by atoms with Crippen LogP contribution in [0.3, 0.4) is 0 Å². The van der Waals surface area contributed by atoms with Gasteiger partial charge in [0.05, 0.1) is 0 Å². The fourth-order valence-corrected chi connectivity index (χ4v) is 1.74. The first-order valence-corrected chi connectivity index (χ1v) is 5.59. The Morgan fingerprint density at radius 2 is 1.81 bits per heavy atom. The lowest BCUT2D eigenvalue weighted by Crippen LogP contribution is -2.10. The maximum Gasteiger partial charge on any atom is 0.126 e. The molecule has 2 heteroatoms. The van der Waals surface area contributed by atoms with Gasteiger partial charge in [-0.25, -0.2) is 4.98 Å². The molecule has 1 aromatic carbocycles. The number of nitrogens with zero attached hydrogens (tertiary/aromatic N) is 1. The molecule has 0 spiro atoms. The monoisotopic (exact) mass is 214 g/mol. The topological polar surface area (TPSA) is 24.9 Å². The van der Waals surface area contributed by atoms with Crippen LogP contribution >= 0.6 is 0 Å². The molecule has 0 unspecified atom stereocenters. The van der Waals surface area contributed by atoms with E-state index in [1.54, 1.807) is 0 Å². The lowest BCUT2D eigenvalue weighted by molar-refractivity contribution is 0.591. The van der Waals surface area contributed by atoms with E-state index in [-0.39, 0.29) is 5.41 Å². The third-order valence-corrected chi connectivity index (χ3v) is 2.84. The lowest BCUT2D eigenvalue weighted by Gasteiger charge is -2.19. The number of hydrogen-bond acceptors (Lipinski definition) is 2. The SMILES string of the molecule is CNc1cc2cc(C(C)(C)C)ccc2cn1. The Kier molecular flexibility index (Phi) is 2.58. The number of nitrogens with one attached hydrogen (secondary N) is 1. The fraction of sp³-hybridized carbons (Fsp3) is 0.357. The zero-order valence-electron chi connectivity index (χ0n) is 10.3. The van der Waals surface area contributed by atoms with Crippen LogP contribution in [-0.2, 0) is 5.41 Å². The van der Waals surface area contributed by atoms with E-state index in [0.29, 0.717) is 0 Å². The zero-order valence-corrected chi connectivity index (χ0v) is 10.3.